The minimum Gasteiger partial charge on any atom is -0.459 e. The Morgan fingerprint density at radius 2 is 1.75 bits per heavy atom. The second kappa shape index (κ2) is 3.37. The summed E-state index contributed by atoms with van der Waals surface area (Å²) < 4.78 is 6.04. The lowest BCUT2D eigenvalue weighted by atomic mass is 10.2. The first-order chi connectivity index (χ1) is 9.84. The molecule has 2 aliphatic heterocycles. The highest BCUT2D eigenvalue weighted by Gasteiger charge is 2.43. The molecule has 0 aliphatic carbocycles. The van der Waals surface area contributed by atoms with Crippen molar-refractivity contribution < 1.29 is 4.42 Å². The van der Waals surface area contributed by atoms with Crippen molar-refractivity contribution in [2.24, 2.45) is 0 Å². The Morgan fingerprint density at radius 3 is 2.65 bits per heavy atom. The SMILES string of the molecule is CN1c2ccccc2N2c3c(oc4ccccc34)CC12. The molecule has 2 aliphatic rings. The maximum atomic E-state index is 6.04. The van der Waals surface area contributed by atoms with E-state index in [-0.39, 0.29) is 0 Å². The molecule has 0 N–H and O–H groups in total. The second-order valence-electron chi connectivity index (χ2n) is 5.52. The molecule has 20 heavy (non-hydrogen) atoms. The summed E-state index contributed by atoms with van der Waals surface area (Å²) in [6.45, 7) is 0. The van der Waals surface area contributed by atoms with Crippen molar-refractivity contribution >= 4 is 28.0 Å². The molecule has 2 aromatic carbocycles. The zero-order valence-corrected chi connectivity index (χ0v) is 11.2. The number of benzene rings is 2. The quantitative estimate of drug-likeness (QED) is 0.612. The predicted octanol–water partition coefficient (Wildman–Crippen LogP) is 3.90. The highest BCUT2D eigenvalue weighted by molar-refractivity contribution is 6.00. The van der Waals surface area contributed by atoms with Crippen molar-refractivity contribution in [3.8, 4) is 0 Å². The van der Waals surface area contributed by atoms with Crippen molar-refractivity contribution in [2.75, 3.05) is 16.8 Å². The average Bonchev–Trinajstić information content (AvgIpc) is 3.08. The second-order valence-corrected chi connectivity index (χ2v) is 5.52. The Morgan fingerprint density at radius 1 is 1.00 bits per heavy atom. The predicted molar refractivity (Wildman–Crippen MR) is 80.7 cm³/mol. The standard InChI is InChI=1S/C17H14N2O/c1-18-12-7-3-4-8-13(12)19-16(18)10-15-17(19)11-6-2-5-9-14(11)20-15/h2-9,16H,10H2,1H3. The van der Waals surface area contributed by atoms with Gasteiger partial charge in [0.1, 0.15) is 17.5 Å². The molecule has 3 heteroatoms. The molecule has 0 amide bonds. The lowest BCUT2D eigenvalue weighted by Crippen LogP contribution is -2.36. The number of hydrogen-bond acceptors (Lipinski definition) is 3. The lowest BCUT2D eigenvalue weighted by molar-refractivity contribution is 0.540. The van der Waals surface area contributed by atoms with Gasteiger partial charge in [0.05, 0.1) is 17.1 Å². The molecule has 0 bridgehead atoms. The van der Waals surface area contributed by atoms with Crippen LogP contribution in [-0.4, -0.2) is 13.2 Å². The fraction of sp³-hybridized carbons (Fsp3) is 0.176. The molecule has 1 unspecified atom stereocenters. The van der Waals surface area contributed by atoms with Crippen LogP contribution in [0.4, 0.5) is 17.1 Å². The third kappa shape index (κ3) is 1.07. The summed E-state index contributed by atoms with van der Waals surface area (Å²) in [7, 11) is 2.16. The summed E-state index contributed by atoms with van der Waals surface area (Å²) in [4.78, 5) is 4.77. The van der Waals surface area contributed by atoms with Crippen LogP contribution in [0.3, 0.4) is 0 Å². The zero-order chi connectivity index (χ0) is 13.3. The Kier molecular flexibility index (Phi) is 1.75. The minimum atomic E-state index is 0.353. The fourth-order valence-electron chi connectivity index (χ4n) is 3.61. The molecule has 0 saturated carbocycles. The van der Waals surface area contributed by atoms with Crippen LogP contribution in [0.25, 0.3) is 11.0 Å². The van der Waals surface area contributed by atoms with Crippen LogP contribution in [0.2, 0.25) is 0 Å². The van der Waals surface area contributed by atoms with E-state index in [1.165, 1.54) is 22.4 Å². The van der Waals surface area contributed by atoms with E-state index in [1.807, 2.05) is 12.1 Å². The van der Waals surface area contributed by atoms with E-state index in [4.69, 9.17) is 4.42 Å². The van der Waals surface area contributed by atoms with Gasteiger partial charge in [0.2, 0.25) is 0 Å². The molecule has 0 fully saturated rings. The fourth-order valence-corrected chi connectivity index (χ4v) is 3.61. The number of furan rings is 1. The molecular weight excluding hydrogens is 248 g/mol. The Balaban J connectivity index is 1.82. The van der Waals surface area contributed by atoms with Crippen molar-refractivity contribution in [1.82, 2.24) is 0 Å². The average molecular weight is 262 g/mol. The van der Waals surface area contributed by atoms with Gasteiger partial charge < -0.3 is 14.2 Å². The Labute approximate surface area is 117 Å². The van der Waals surface area contributed by atoms with Gasteiger partial charge in [-0.25, -0.2) is 0 Å². The molecule has 3 aromatic rings. The maximum Gasteiger partial charge on any atom is 0.136 e. The summed E-state index contributed by atoms with van der Waals surface area (Å²) in [6, 6.07) is 16.9. The van der Waals surface area contributed by atoms with Crippen molar-refractivity contribution in [1.29, 1.82) is 0 Å². The van der Waals surface area contributed by atoms with Gasteiger partial charge in [-0.1, -0.05) is 24.3 Å². The van der Waals surface area contributed by atoms with Gasteiger partial charge in [-0.15, -0.1) is 0 Å². The summed E-state index contributed by atoms with van der Waals surface area (Å²) in [5.74, 6) is 1.11. The van der Waals surface area contributed by atoms with Gasteiger partial charge in [0.25, 0.3) is 0 Å². The van der Waals surface area contributed by atoms with Crippen LogP contribution in [0.5, 0.6) is 0 Å². The molecule has 98 valence electrons. The van der Waals surface area contributed by atoms with Gasteiger partial charge in [0.15, 0.2) is 0 Å². The molecule has 5 rings (SSSR count). The summed E-state index contributed by atoms with van der Waals surface area (Å²) in [5.41, 5.74) is 4.82. The van der Waals surface area contributed by atoms with Crippen LogP contribution in [0.1, 0.15) is 5.76 Å². The van der Waals surface area contributed by atoms with Gasteiger partial charge >= 0.3 is 0 Å². The van der Waals surface area contributed by atoms with E-state index in [0.717, 1.165) is 17.8 Å². The molecule has 3 nitrogen and oxygen atoms in total. The van der Waals surface area contributed by atoms with E-state index >= 15 is 0 Å². The zero-order valence-electron chi connectivity index (χ0n) is 11.2. The van der Waals surface area contributed by atoms with E-state index in [0.29, 0.717) is 6.17 Å². The number of likely N-dealkylation sites (N-methyl/N-ethyl adjacent to an activating group) is 1. The summed E-state index contributed by atoms with van der Waals surface area (Å²) in [5, 5.41) is 1.22. The third-order valence-corrected chi connectivity index (χ3v) is 4.51. The first-order valence-corrected chi connectivity index (χ1v) is 6.96. The van der Waals surface area contributed by atoms with E-state index < -0.39 is 0 Å². The number of fused-ring (bicyclic) bond motifs is 7. The number of rotatable bonds is 0. The van der Waals surface area contributed by atoms with Gasteiger partial charge in [-0.2, -0.15) is 0 Å². The Hall–Kier alpha value is -2.42. The number of anilines is 3. The first kappa shape index (κ1) is 10.4. The molecule has 1 aromatic heterocycles. The molecule has 0 saturated heterocycles. The third-order valence-electron chi connectivity index (χ3n) is 4.51. The van der Waals surface area contributed by atoms with Gasteiger partial charge in [-0.3, -0.25) is 0 Å². The van der Waals surface area contributed by atoms with E-state index in [9.17, 15) is 0 Å². The van der Waals surface area contributed by atoms with Crippen molar-refractivity contribution in [2.45, 2.75) is 12.6 Å². The smallest absolute Gasteiger partial charge is 0.136 e. The highest BCUT2D eigenvalue weighted by Crippen LogP contribution is 2.52. The van der Waals surface area contributed by atoms with E-state index in [1.54, 1.807) is 0 Å². The number of hydrogen-bond donors (Lipinski definition) is 0. The normalized spacial score (nSPS) is 19.4. The lowest BCUT2D eigenvalue weighted by Gasteiger charge is -2.23. The summed E-state index contributed by atoms with van der Waals surface area (Å²) in [6.07, 6.45) is 1.29. The minimum absolute atomic E-state index is 0.353. The van der Waals surface area contributed by atoms with Crippen LogP contribution in [0.15, 0.2) is 52.9 Å². The van der Waals surface area contributed by atoms with Crippen LogP contribution >= 0.6 is 0 Å². The van der Waals surface area contributed by atoms with Crippen LogP contribution < -0.4 is 9.80 Å². The Bertz CT molecular complexity index is 836. The number of nitrogens with zero attached hydrogens (tertiary/aromatic N) is 2. The number of para-hydroxylation sites is 3. The first-order valence-electron chi connectivity index (χ1n) is 6.96. The van der Waals surface area contributed by atoms with Crippen LogP contribution in [-0.2, 0) is 6.42 Å². The summed E-state index contributed by atoms with van der Waals surface area (Å²) >= 11 is 0. The molecule has 3 heterocycles. The van der Waals surface area contributed by atoms with Gasteiger partial charge in [0, 0.05) is 18.9 Å². The van der Waals surface area contributed by atoms with Crippen molar-refractivity contribution in [3.63, 3.8) is 0 Å². The molecular formula is C17H14N2O. The van der Waals surface area contributed by atoms with Crippen LogP contribution in [0, 0.1) is 0 Å². The molecule has 0 spiro atoms. The monoisotopic (exact) mass is 262 g/mol. The van der Waals surface area contributed by atoms with E-state index in [2.05, 4.69) is 53.2 Å². The largest absolute Gasteiger partial charge is 0.459 e. The highest BCUT2D eigenvalue weighted by atomic mass is 16.3. The molecule has 1 atom stereocenters. The topological polar surface area (TPSA) is 19.6 Å². The molecule has 0 radical (unpaired) electrons. The maximum absolute atomic E-state index is 6.04. The van der Waals surface area contributed by atoms with Crippen molar-refractivity contribution in [3.05, 3.63) is 54.3 Å². The van der Waals surface area contributed by atoms with Gasteiger partial charge in [-0.05, 0) is 24.3 Å².